The van der Waals surface area contributed by atoms with E-state index in [1.807, 2.05) is 24.3 Å². The van der Waals surface area contributed by atoms with Gasteiger partial charge in [0.05, 0.1) is 0 Å². The number of nitrogens with zero attached hydrogens (tertiary/aromatic N) is 1. The molecule has 3 heteroatoms. The maximum atomic E-state index is 10.9. The maximum Gasteiger partial charge on any atom is 0.236 e. The first-order valence-corrected chi connectivity index (χ1v) is 4.30. The highest BCUT2D eigenvalue weighted by Gasteiger charge is 2.22. The molecule has 1 atom stereocenters. The van der Waals surface area contributed by atoms with Crippen LogP contribution >= 0.6 is 0 Å². The zero-order valence-corrected chi connectivity index (χ0v) is 7.23. The molecule has 0 saturated carbocycles. The quantitative estimate of drug-likeness (QED) is 0.651. The molecular formula is C10H11N2O. The van der Waals surface area contributed by atoms with Crippen LogP contribution in [-0.4, -0.2) is 11.9 Å². The summed E-state index contributed by atoms with van der Waals surface area (Å²) in [5.41, 5.74) is 7.60. The van der Waals surface area contributed by atoms with Crippen molar-refractivity contribution in [1.29, 1.82) is 0 Å². The first kappa shape index (κ1) is 8.26. The Hall–Kier alpha value is -1.35. The third kappa shape index (κ3) is 1.55. The number of nitrogens with two attached hydrogens (primary N) is 1. The predicted octanol–water partition coefficient (Wildman–Crippen LogP) is 0.201. The zero-order valence-electron chi connectivity index (χ0n) is 7.23. The van der Waals surface area contributed by atoms with Gasteiger partial charge in [-0.2, -0.15) is 0 Å². The Labute approximate surface area is 76.9 Å². The van der Waals surface area contributed by atoms with E-state index in [1.165, 1.54) is 11.1 Å². The SMILES string of the molecule is NC(=O)C1Cc2ccccc2C[N]1. The molecule has 1 unspecified atom stereocenters. The summed E-state index contributed by atoms with van der Waals surface area (Å²) in [5.74, 6) is -0.325. The molecule has 13 heavy (non-hydrogen) atoms. The predicted molar refractivity (Wildman–Crippen MR) is 49.0 cm³/mol. The first-order valence-electron chi connectivity index (χ1n) is 4.30. The highest BCUT2D eigenvalue weighted by atomic mass is 16.1. The Morgan fingerprint density at radius 1 is 1.38 bits per heavy atom. The van der Waals surface area contributed by atoms with E-state index in [0.717, 1.165) is 0 Å². The number of carbonyl (C=O) groups is 1. The van der Waals surface area contributed by atoms with Crippen LogP contribution in [-0.2, 0) is 17.8 Å². The normalized spacial score (nSPS) is 20.8. The van der Waals surface area contributed by atoms with Crippen molar-refractivity contribution in [1.82, 2.24) is 5.32 Å². The highest BCUT2D eigenvalue weighted by Crippen LogP contribution is 2.16. The highest BCUT2D eigenvalue weighted by molar-refractivity contribution is 5.80. The molecule has 0 aliphatic carbocycles. The summed E-state index contributed by atoms with van der Waals surface area (Å²) >= 11 is 0. The second-order valence-corrected chi connectivity index (χ2v) is 3.23. The van der Waals surface area contributed by atoms with Crippen molar-refractivity contribution in [2.24, 2.45) is 5.73 Å². The summed E-state index contributed by atoms with van der Waals surface area (Å²) in [6, 6.07) is 7.70. The van der Waals surface area contributed by atoms with Crippen molar-refractivity contribution < 1.29 is 4.79 Å². The number of hydrogen-bond donors (Lipinski definition) is 1. The fourth-order valence-electron chi connectivity index (χ4n) is 1.58. The van der Waals surface area contributed by atoms with Gasteiger partial charge in [0.15, 0.2) is 0 Å². The van der Waals surface area contributed by atoms with E-state index < -0.39 is 0 Å². The lowest BCUT2D eigenvalue weighted by Gasteiger charge is -2.21. The summed E-state index contributed by atoms with van der Waals surface area (Å²) in [5, 5.41) is 4.20. The van der Waals surface area contributed by atoms with E-state index in [9.17, 15) is 4.79 Å². The van der Waals surface area contributed by atoms with E-state index in [1.54, 1.807) is 0 Å². The monoisotopic (exact) mass is 175 g/mol. The van der Waals surface area contributed by atoms with Crippen LogP contribution in [0.1, 0.15) is 11.1 Å². The van der Waals surface area contributed by atoms with Crippen LogP contribution < -0.4 is 11.1 Å². The molecule has 1 aromatic carbocycles. The molecule has 1 aliphatic rings. The lowest BCUT2D eigenvalue weighted by molar-refractivity contribution is -0.120. The Kier molecular flexibility index (Phi) is 2.02. The Bertz CT molecular complexity index is 335. The van der Waals surface area contributed by atoms with Gasteiger partial charge >= 0.3 is 0 Å². The number of benzene rings is 1. The number of fused-ring (bicyclic) bond motifs is 1. The molecular weight excluding hydrogens is 164 g/mol. The standard InChI is InChI=1S/C10H11N2O/c11-10(13)9-5-7-3-1-2-4-8(7)6-12-9/h1-4,9H,5-6H2,(H2,11,13). The average Bonchev–Trinajstić information content (AvgIpc) is 2.17. The molecule has 1 aromatic rings. The van der Waals surface area contributed by atoms with Crippen LogP contribution in [0.15, 0.2) is 24.3 Å². The summed E-state index contributed by atoms with van der Waals surface area (Å²) in [6.07, 6.45) is 0.658. The molecule has 2 N–H and O–H groups in total. The van der Waals surface area contributed by atoms with Crippen molar-refractivity contribution in [2.45, 2.75) is 19.0 Å². The van der Waals surface area contributed by atoms with Gasteiger partial charge in [0.25, 0.3) is 0 Å². The minimum Gasteiger partial charge on any atom is -0.368 e. The largest absolute Gasteiger partial charge is 0.368 e. The van der Waals surface area contributed by atoms with Crippen LogP contribution in [0.25, 0.3) is 0 Å². The Morgan fingerprint density at radius 2 is 2.08 bits per heavy atom. The van der Waals surface area contributed by atoms with Gasteiger partial charge in [-0.05, 0) is 17.5 Å². The Morgan fingerprint density at radius 3 is 2.77 bits per heavy atom. The van der Waals surface area contributed by atoms with Crippen molar-refractivity contribution in [2.75, 3.05) is 0 Å². The molecule has 67 valence electrons. The van der Waals surface area contributed by atoms with Crippen molar-refractivity contribution in [3.8, 4) is 0 Å². The van der Waals surface area contributed by atoms with Crippen molar-refractivity contribution in [3.05, 3.63) is 35.4 Å². The fourth-order valence-corrected chi connectivity index (χ4v) is 1.58. The van der Waals surface area contributed by atoms with Crippen LogP contribution in [0.2, 0.25) is 0 Å². The molecule has 0 fully saturated rings. The fraction of sp³-hybridized carbons (Fsp3) is 0.300. The molecule has 0 bridgehead atoms. The van der Waals surface area contributed by atoms with Gasteiger partial charge in [-0.25, -0.2) is 5.32 Å². The molecule has 1 aliphatic heterocycles. The zero-order chi connectivity index (χ0) is 9.26. The third-order valence-electron chi connectivity index (χ3n) is 2.34. The van der Waals surface area contributed by atoms with Crippen LogP contribution in [0, 0.1) is 0 Å². The molecule has 1 heterocycles. The number of amides is 1. The van der Waals surface area contributed by atoms with Crippen molar-refractivity contribution >= 4 is 5.91 Å². The van der Waals surface area contributed by atoms with Crippen LogP contribution in [0.3, 0.4) is 0 Å². The molecule has 3 nitrogen and oxygen atoms in total. The van der Waals surface area contributed by atoms with E-state index in [-0.39, 0.29) is 11.9 Å². The van der Waals surface area contributed by atoms with Crippen molar-refractivity contribution in [3.63, 3.8) is 0 Å². The van der Waals surface area contributed by atoms with Gasteiger partial charge in [-0.15, -0.1) is 0 Å². The maximum absolute atomic E-state index is 10.9. The van der Waals surface area contributed by atoms with Gasteiger partial charge in [0.1, 0.15) is 6.04 Å². The molecule has 0 saturated heterocycles. The summed E-state index contributed by atoms with van der Waals surface area (Å²) in [7, 11) is 0. The van der Waals surface area contributed by atoms with E-state index in [0.29, 0.717) is 13.0 Å². The average molecular weight is 175 g/mol. The summed E-state index contributed by atoms with van der Waals surface area (Å²) < 4.78 is 0. The van der Waals surface area contributed by atoms with Gasteiger partial charge in [0, 0.05) is 6.54 Å². The van der Waals surface area contributed by atoms with Crippen LogP contribution in [0.5, 0.6) is 0 Å². The Balaban J connectivity index is 2.24. The smallest absolute Gasteiger partial charge is 0.236 e. The lowest BCUT2D eigenvalue weighted by Crippen LogP contribution is -2.41. The topological polar surface area (TPSA) is 57.2 Å². The third-order valence-corrected chi connectivity index (χ3v) is 2.34. The molecule has 0 aromatic heterocycles. The molecule has 1 amide bonds. The summed E-state index contributed by atoms with van der Waals surface area (Å²) in [4.78, 5) is 10.9. The molecule has 1 radical (unpaired) electrons. The molecule has 0 spiro atoms. The van der Waals surface area contributed by atoms with E-state index >= 15 is 0 Å². The lowest BCUT2D eigenvalue weighted by atomic mass is 9.96. The van der Waals surface area contributed by atoms with E-state index in [4.69, 9.17) is 5.73 Å². The van der Waals surface area contributed by atoms with Gasteiger partial charge in [-0.1, -0.05) is 24.3 Å². The van der Waals surface area contributed by atoms with Crippen LogP contribution in [0.4, 0.5) is 0 Å². The minimum absolute atomic E-state index is 0.324. The minimum atomic E-state index is -0.325. The van der Waals surface area contributed by atoms with Gasteiger partial charge < -0.3 is 5.73 Å². The van der Waals surface area contributed by atoms with Gasteiger partial charge in [0.2, 0.25) is 5.91 Å². The number of carbonyl (C=O) groups excluding carboxylic acids is 1. The first-order chi connectivity index (χ1) is 6.27. The number of rotatable bonds is 1. The summed E-state index contributed by atoms with van der Waals surface area (Å²) in [6.45, 7) is 0.615. The van der Waals surface area contributed by atoms with E-state index in [2.05, 4.69) is 5.32 Å². The number of primary amides is 1. The molecule has 2 rings (SSSR count). The second kappa shape index (κ2) is 3.18. The second-order valence-electron chi connectivity index (χ2n) is 3.23. The number of hydrogen-bond acceptors (Lipinski definition) is 1. The van der Waals surface area contributed by atoms with Gasteiger partial charge in [-0.3, -0.25) is 4.79 Å².